The maximum absolute atomic E-state index is 14.9. The van der Waals surface area contributed by atoms with Crippen molar-refractivity contribution in [1.82, 2.24) is 24.9 Å². The van der Waals surface area contributed by atoms with Crippen LogP contribution in [0.3, 0.4) is 0 Å². The van der Waals surface area contributed by atoms with Gasteiger partial charge in [-0.05, 0) is 30.7 Å². The quantitative estimate of drug-likeness (QED) is 0.438. The number of halogens is 2. The predicted octanol–water partition coefficient (Wildman–Crippen LogP) is 5.40. The summed E-state index contributed by atoms with van der Waals surface area (Å²) >= 11 is 0. The molecule has 0 aliphatic carbocycles. The summed E-state index contributed by atoms with van der Waals surface area (Å²) in [4.78, 5) is 19.5. The predicted molar refractivity (Wildman–Crippen MR) is 106 cm³/mol. The number of alkyl halides is 2. The number of hydrogen-bond acceptors (Lipinski definition) is 6. The van der Waals surface area contributed by atoms with Crippen molar-refractivity contribution in [3.8, 4) is 23.4 Å². The van der Waals surface area contributed by atoms with Crippen LogP contribution in [0.5, 0.6) is 23.4 Å². The van der Waals surface area contributed by atoms with Gasteiger partial charge in [-0.2, -0.15) is 9.97 Å². The van der Waals surface area contributed by atoms with Gasteiger partial charge in [-0.3, -0.25) is 9.97 Å². The van der Waals surface area contributed by atoms with Crippen LogP contribution in [0.25, 0.3) is 11.0 Å². The Hall–Kier alpha value is -3.62. The number of aryl methyl sites for hydroxylation is 1. The van der Waals surface area contributed by atoms with Gasteiger partial charge in [0.2, 0.25) is 5.88 Å². The first kappa shape index (κ1) is 19.7. The Morgan fingerprint density at radius 2 is 1.63 bits per heavy atom. The topological polar surface area (TPSA) is 85.8 Å². The monoisotopic (exact) mass is 411 g/mol. The van der Waals surface area contributed by atoms with Crippen molar-refractivity contribution in [2.45, 2.75) is 32.6 Å². The maximum atomic E-state index is 14.9. The highest BCUT2D eigenvalue weighted by molar-refractivity contribution is 5.87. The van der Waals surface area contributed by atoms with Gasteiger partial charge in [-0.1, -0.05) is 13.8 Å². The Morgan fingerprint density at radius 3 is 2.20 bits per heavy atom. The van der Waals surface area contributed by atoms with Crippen molar-refractivity contribution in [3.05, 3.63) is 60.3 Å². The highest BCUT2D eigenvalue weighted by Gasteiger charge is 2.37. The summed E-state index contributed by atoms with van der Waals surface area (Å²) in [5, 5.41) is 0.126. The van der Waals surface area contributed by atoms with Crippen LogP contribution < -0.4 is 9.47 Å². The number of H-pyrrole nitrogens is 1. The van der Waals surface area contributed by atoms with Crippen molar-refractivity contribution in [2.75, 3.05) is 0 Å². The van der Waals surface area contributed by atoms with E-state index in [1.807, 2.05) is 0 Å². The fourth-order valence-corrected chi connectivity index (χ4v) is 3.09. The van der Waals surface area contributed by atoms with Crippen molar-refractivity contribution < 1.29 is 18.3 Å². The van der Waals surface area contributed by atoms with E-state index in [1.54, 1.807) is 43.6 Å². The molecule has 0 aromatic carbocycles. The molecule has 0 fully saturated rings. The molecular weight excluding hydrogens is 392 g/mol. The lowest BCUT2D eigenvalue weighted by Crippen LogP contribution is -2.14. The number of pyridine rings is 2. The number of nitrogens with zero attached hydrogens (tertiary/aromatic N) is 4. The second-order valence-electron chi connectivity index (χ2n) is 6.51. The van der Waals surface area contributed by atoms with E-state index in [9.17, 15) is 8.78 Å². The van der Waals surface area contributed by atoms with Crippen LogP contribution in [0, 0.1) is 0 Å². The summed E-state index contributed by atoms with van der Waals surface area (Å²) in [6.45, 7) is 3.22. The Balaban J connectivity index is 1.91. The molecule has 9 heteroatoms. The number of hydrogen-bond donors (Lipinski definition) is 1. The standard InChI is InChI=1S/C21H19F2N5O2/c1-3-15-17(21(22,23)4-2)16-18(26-15)27-20(30-14-8-6-10-25-12-14)28-19(16)29-13-7-5-9-24-11-13/h5-12H,3-4H2,1-2H3,(H,26,27,28). The highest BCUT2D eigenvalue weighted by Crippen LogP contribution is 2.43. The van der Waals surface area contributed by atoms with E-state index in [0.29, 0.717) is 23.6 Å². The van der Waals surface area contributed by atoms with E-state index in [0.717, 1.165) is 0 Å². The minimum absolute atomic E-state index is 0.0361. The fourth-order valence-electron chi connectivity index (χ4n) is 3.09. The van der Waals surface area contributed by atoms with Gasteiger partial charge >= 0.3 is 6.01 Å². The Bertz CT molecular complexity index is 1150. The van der Waals surface area contributed by atoms with E-state index < -0.39 is 5.92 Å². The molecule has 7 nitrogen and oxygen atoms in total. The molecule has 0 atom stereocenters. The number of aromatic nitrogens is 5. The van der Waals surface area contributed by atoms with Gasteiger partial charge in [0.15, 0.2) is 0 Å². The third-order valence-electron chi connectivity index (χ3n) is 4.53. The summed E-state index contributed by atoms with van der Waals surface area (Å²) < 4.78 is 41.3. The molecule has 0 spiro atoms. The fraction of sp³-hybridized carbons (Fsp3) is 0.238. The van der Waals surface area contributed by atoms with Gasteiger partial charge in [0.25, 0.3) is 5.92 Å². The third kappa shape index (κ3) is 3.78. The summed E-state index contributed by atoms with van der Waals surface area (Å²) in [7, 11) is 0. The van der Waals surface area contributed by atoms with Gasteiger partial charge in [0.1, 0.15) is 17.1 Å². The van der Waals surface area contributed by atoms with Crippen LogP contribution in [-0.4, -0.2) is 24.9 Å². The van der Waals surface area contributed by atoms with Crippen LogP contribution in [-0.2, 0) is 12.3 Å². The molecule has 30 heavy (non-hydrogen) atoms. The Labute approximate surface area is 171 Å². The van der Waals surface area contributed by atoms with Crippen LogP contribution in [0.2, 0.25) is 0 Å². The van der Waals surface area contributed by atoms with Crippen molar-refractivity contribution >= 4 is 11.0 Å². The average molecular weight is 411 g/mol. The minimum atomic E-state index is -3.08. The molecule has 154 valence electrons. The first-order chi connectivity index (χ1) is 14.5. The summed E-state index contributed by atoms with van der Waals surface area (Å²) in [5.74, 6) is -2.35. The molecule has 0 aliphatic rings. The molecule has 0 unspecified atom stereocenters. The Kier molecular flexibility index (Phi) is 5.26. The molecule has 1 N–H and O–H groups in total. The Morgan fingerprint density at radius 1 is 0.967 bits per heavy atom. The maximum Gasteiger partial charge on any atom is 0.327 e. The van der Waals surface area contributed by atoms with Gasteiger partial charge in [-0.25, -0.2) is 8.78 Å². The van der Waals surface area contributed by atoms with Crippen LogP contribution >= 0.6 is 0 Å². The first-order valence-corrected chi connectivity index (χ1v) is 9.48. The SMILES string of the molecule is CCc1[nH]c2nc(Oc3cccnc3)nc(Oc3cccnc3)c2c1C(F)(F)CC. The smallest absolute Gasteiger partial charge is 0.327 e. The average Bonchev–Trinajstić information content (AvgIpc) is 3.15. The van der Waals surface area contributed by atoms with Gasteiger partial charge in [0, 0.05) is 24.5 Å². The van der Waals surface area contributed by atoms with Crippen LogP contribution in [0.15, 0.2) is 49.1 Å². The lowest BCUT2D eigenvalue weighted by atomic mass is 10.0. The molecule has 4 heterocycles. The molecule has 0 saturated heterocycles. The molecule has 4 rings (SSSR count). The number of nitrogens with one attached hydrogen (secondary N) is 1. The second-order valence-corrected chi connectivity index (χ2v) is 6.51. The first-order valence-electron chi connectivity index (χ1n) is 9.48. The van der Waals surface area contributed by atoms with E-state index in [1.165, 1.54) is 19.3 Å². The van der Waals surface area contributed by atoms with Crippen molar-refractivity contribution in [3.63, 3.8) is 0 Å². The number of fused-ring (bicyclic) bond motifs is 1. The van der Waals surface area contributed by atoms with Crippen molar-refractivity contribution in [1.29, 1.82) is 0 Å². The lowest BCUT2D eigenvalue weighted by Gasteiger charge is -2.16. The lowest BCUT2D eigenvalue weighted by molar-refractivity contribution is -0.00766. The molecule has 0 aliphatic heterocycles. The van der Waals surface area contributed by atoms with Gasteiger partial charge in [0.05, 0.1) is 23.3 Å². The van der Waals surface area contributed by atoms with Crippen LogP contribution in [0.1, 0.15) is 31.5 Å². The minimum Gasteiger partial charge on any atom is -0.436 e. The van der Waals surface area contributed by atoms with E-state index >= 15 is 0 Å². The molecule has 4 aromatic rings. The molecule has 0 saturated carbocycles. The normalized spacial score (nSPS) is 11.6. The van der Waals surface area contributed by atoms with Gasteiger partial charge < -0.3 is 14.5 Å². The summed E-state index contributed by atoms with van der Waals surface area (Å²) in [5.41, 5.74) is 0.429. The van der Waals surface area contributed by atoms with Crippen LogP contribution in [0.4, 0.5) is 8.78 Å². The molecular formula is C21H19F2N5O2. The van der Waals surface area contributed by atoms with Crippen molar-refractivity contribution in [2.24, 2.45) is 0 Å². The van der Waals surface area contributed by atoms with E-state index in [4.69, 9.17) is 9.47 Å². The third-order valence-corrected chi connectivity index (χ3v) is 4.53. The summed E-state index contributed by atoms with van der Waals surface area (Å²) in [6, 6.07) is 6.67. The largest absolute Gasteiger partial charge is 0.436 e. The zero-order valence-corrected chi connectivity index (χ0v) is 16.4. The number of ether oxygens (including phenoxy) is 2. The zero-order chi connectivity index (χ0) is 21.1. The molecule has 0 amide bonds. The zero-order valence-electron chi connectivity index (χ0n) is 16.4. The van der Waals surface area contributed by atoms with E-state index in [-0.39, 0.29) is 34.9 Å². The molecule has 0 radical (unpaired) electrons. The summed E-state index contributed by atoms with van der Waals surface area (Å²) in [6.07, 6.45) is 6.16. The second kappa shape index (κ2) is 8.02. The highest BCUT2D eigenvalue weighted by atomic mass is 19.3. The van der Waals surface area contributed by atoms with E-state index in [2.05, 4.69) is 24.9 Å². The number of rotatable bonds is 7. The number of aromatic amines is 1. The molecule has 0 bridgehead atoms. The van der Waals surface area contributed by atoms with Gasteiger partial charge in [-0.15, -0.1) is 0 Å². The molecule has 4 aromatic heterocycles.